The van der Waals surface area contributed by atoms with Crippen molar-refractivity contribution < 1.29 is 4.79 Å². The number of hydrogen-bond donors (Lipinski definition) is 2. The molecule has 0 spiro atoms. The third kappa shape index (κ3) is 2.56. The van der Waals surface area contributed by atoms with Gasteiger partial charge in [-0.2, -0.15) is 0 Å². The highest BCUT2D eigenvalue weighted by Crippen LogP contribution is 2.27. The lowest BCUT2D eigenvalue weighted by Gasteiger charge is -2.42. The second-order valence-corrected chi connectivity index (χ2v) is 5.48. The van der Waals surface area contributed by atoms with Gasteiger partial charge >= 0.3 is 0 Å². The van der Waals surface area contributed by atoms with Crippen molar-refractivity contribution in [1.29, 1.82) is 0 Å². The topological polar surface area (TPSA) is 57.3 Å². The van der Waals surface area contributed by atoms with Crippen LogP contribution in [0, 0.1) is 6.92 Å². The number of piperazine rings is 1. The number of carbonyl (C=O) groups is 1. The van der Waals surface area contributed by atoms with E-state index in [-0.39, 0.29) is 5.91 Å². The van der Waals surface area contributed by atoms with Crippen molar-refractivity contribution in [2.45, 2.75) is 32.9 Å². The number of hydrogen-bond acceptors (Lipinski definition) is 4. The molecule has 1 aromatic heterocycles. The molecule has 2 heterocycles. The third-order valence-electron chi connectivity index (χ3n) is 3.60. The molecule has 19 heavy (non-hydrogen) atoms. The van der Waals surface area contributed by atoms with E-state index in [1.54, 1.807) is 0 Å². The molecule has 1 aliphatic rings. The molecule has 1 fully saturated rings. The molecule has 0 saturated carbocycles. The zero-order valence-electron chi connectivity index (χ0n) is 12.1. The lowest BCUT2D eigenvalue weighted by atomic mass is 9.98. The standard InChI is InChI=1S/C14H22N4O/c1-10-7-11(8-15-4)9-17-12(10)18-6-5-16-13(19)14(18,2)3/h7,9,15H,5-6,8H2,1-4H3,(H,16,19). The van der Waals surface area contributed by atoms with E-state index in [2.05, 4.69) is 26.6 Å². The molecule has 0 aromatic carbocycles. The number of aromatic nitrogens is 1. The summed E-state index contributed by atoms with van der Waals surface area (Å²) >= 11 is 0. The molecule has 104 valence electrons. The van der Waals surface area contributed by atoms with Gasteiger partial charge < -0.3 is 15.5 Å². The van der Waals surface area contributed by atoms with Crippen LogP contribution in [0.2, 0.25) is 0 Å². The second-order valence-electron chi connectivity index (χ2n) is 5.48. The van der Waals surface area contributed by atoms with Gasteiger partial charge in [0.2, 0.25) is 5.91 Å². The van der Waals surface area contributed by atoms with E-state index in [1.165, 1.54) is 0 Å². The Hall–Kier alpha value is -1.62. The average molecular weight is 262 g/mol. The zero-order valence-corrected chi connectivity index (χ0v) is 12.1. The van der Waals surface area contributed by atoms with Gasteiger partial charge in [0, 0.05) is 25.8 Å². The van der Waals surface area contributed by atoms with E-state index in [0.29, 0.717) is 6.54 Å². The Bertz CT molecular complexity index is 484. The molecule has 5 heteroatoms. The Morgan fingerprint density at radius 1 is 1.53 bits per heavy atom. The summed E-state index contributed by atoms with van der Waals surface area (Å²) < 4.78 is 0. The first-order valence-electron chi connectivity index (χ1n) is 6.63. The quantitative estimate of drug-likeness (QED) is 0.847. The van der Waals surface area contributed by atoms with Crippen LogP contribution in [0.5, 0.6) is 0 Å². The van der Waals surface area contributed by atoms with Gasteiger partial charge in [-0.25, -0.2) is 4.98 Å². The maximum Gasteiger partial charge on any atom is 0.245 e. The van der Waals surface area contributed by atoms with Gasteiger partial charge in [0.05, 0.1) is 0 Å². The van der Waals surface area contributed by atoms with E-state index >= 15 is 0 Å². The Kier molecular flexibility index (Phi) is 3.75. The fourth-order valence-electron chi connectivity index (χ4n) is 2.48. The molecule has 5 nitrogen and oxygen atoms in total. The highest BCUT2D eigenvalue weighted by atomic mass is 16.2. The molecule has 2 rings (SSSR count). The van der Waals surface area contributed by atoms with Gasteiger partial charge in [-0.1, -0.05) is 0 Å². The van der Waals surface area contributed by atoms with Gasteiger partial charge in [0.15, 0.2) is 0 Å². The first-order chi connectivity index (χ1) is 8.96. The molecule has 2 N–H and O–H groups in total. The van der Waals surface area contributed by atoms with Crippen LogP contribution in [-0.4, -0.2) is 36.6 Å². The molecule has 1 aromatic rings. The lowest BCUT2D eigenvalue weighted by molar-refractivity contribution is -0.126. The summed E-state index contributed by atoms with van der Waals surface area (Å²) in [5, 5.41) is 6.02. The minimum Gasteiger partial charge on any atom is -0.352 e. The number of nitrogens with zero attached hydrogens (tertiary/aromatic N) is 2. The summed E-state index contributed by atoms with van der Waals surface area (Å²) in [6.45, 7) is 8.18. The van der Waals surface area contributed by atoms with Gasteiger partial charge in [-0.15, -0.1) is 0 Å². The number of aryl methyl sites for hydroxylation is 1. The van der Waals surface area contributed by atoms with E-state index in [9.17, 15) is 4.79 Å². The Balaban J connectivity index is 2.33. The Morgan fingerprint density at radius 2 is 2.26 bits per heavy atom. The number of carbonyl (C=O) groups excluding carboxylic acids is 1. The summed E-state index contributed by atoms with van der Waals surface area (Å²) in [4.78, 5) is 18.6. The van der Waals surface area contributed by atoms with E-state index < -0.39 is 5.54 Å². The highest BCUT2D eigenvalue weighted by Gasteiger charge is 2.38. The number of pyridine rings is 1. The van der Waals surface area contributed by atoms with Crippen molar-refractivity contribution >= 4 is 11.7 Å². The molecule has 0 bridgehead atoms. The normalized spacial score (nSPS) is 18.3. The third-order valence-corrected chi connectivity index (χ3v) is 3.60. The average Bonchev–Trinajstić information content (AvgIpc) is 2.34. The second kappa shape index (κ2) is 5.17. The van der Waals surface area contributed by atoms with Crippen LogP contribution in [0.15, 0.2) is 12.3 Å². The number of anilines is 1. The Labute approximate surface area is 114 Å². The monoisotopic (exact) mass is 262 g/mol. The maximum absolute atomic E-state index is 12.0. The number of rotatable bonds is 3. The molecule has 0 aliphatic carbocycles. The van der Waals surface area contributed by atoms with E-state index in [0.717, 1.165) is 30.0 Å². The molecule has 1 aliphatic heterocycles. The minimum atomic E-state index is -0.555. The largest absolute Gasteiger partial charge is 0.352 e. The first-order valence-corrected chi connectivity index (χ1v) is 6.63. The van der Waals surface area contributed by atoms with Crippen molar-refractivity contribution in [2.24, 2.45) is 0 Å². The SMILES string of the molecule is CNCc1cnc(N2CCNC(=O)C2(C)C)c(C)c1. The molecule has 1 amide bonds. The highest BCUT2D eigenvalue weighted by molar-refractivity contribution is 5.90. The van der Waals surface area contributed by atoms with Gasteiger partial charge in [-0.05, 0) is 45.0 Å². The molecular weight excluding hydrogens is 240 g/mol. The predicted octanol–water partition coefficient (Wildman–Crippen LogP) is 0.824. The molecule has 1 saturated heterocycles. The summed E-state index contributed by atoms with van der Waals surface area (Å²) in [6.07, 6.45) is 1.88. The van der Waals surface area contributed by atoms with E-state index in [1.807, 2.05) is 34.0 Å². The number of amides is 1. The molecule has 0 radical (unpaired) electrons. The Morgan fingerprint density at radius 3 is 2.89 bits per heavy atom. The summed E-state index contributed by atoms with van der Waals surface area (Å²) in [5.74, 6) is 0.957. The van der Waals surface area contributed by atoms with Crippen LogP contribution in [0.1, 0.15) is 25.0 Å². The van der Waals surface area contributed by atoms with Gasteiger partial charge in [-0.3, -0.25) is 4.79 Å². The van der Waals surface area contributed by atoms with Gasteiger partial charge in [0.25, 0.3) is 0 Å². The fraction of sp³-hybridized carbons (Fsp3) is 0.571. The van der Waals surface area contributed by atoms with Crippen molar-refractivity contribution in [2.75, 3.05) is 25.0 Å². The smallest absolute Gasteiger partial charge is 0.245 e. The van der Waals surface area contributed by atoms with Crippen molar-refractivity contribution in [3.63, 3.8) is 0 Å². The summed E-state index contributed by atoms with van der Waals surface area (Å²) in [5.41, 5.74) is 1.71. The van der Waals surface area contributed by atoms with Crippen LogP contribution in [0.3, 0.4) is 0 Å². The lowest BCUT2D eigenvalue weighted by Crippen LogP contribution is -2.62. The molecule has 0 unspecified atom stereocenters. The van der Waals surface area contributed by atoms with Gasteiger partial charge in [0.1, 0.15) is 11.4 Å². The summed E-state index contributed by atoms with van der Waals surface area (Å²) in [7, 11) is 1.92. The van der Waals surface area contributed by atoms with Crippen LogP contribution in [0.4, 0.5) is 5.82 Å². The van der Waals surface area contributed by atoms with Crippen LogP contribution < -0.4 is 15.5 Å². The van der Waals surface area contributed by atoms with Crippen LogP contribution in [0.25, 0.3) is 0 Å². The summed E-state index contributed by atoms with van der Waals surface area (Å²) in [6, 6.07) is 2.13. The van der Waals surface area contributed by atoms with E-state index in [4.69, 9.17) is 0 Å². The fourth-order valence-corrected chi connectivity index (χ4v) is 2.48. The van der Waals surface area contributed by atoms with Crippen molar-refractivity contribution in [3.8, 4) is 0 Å². The minimum absolute atomic E-state index is 0.0549. The molecule has 0 atom stereocenters. The van der Waals surface area contributed by atoms with Crippen molar-refractivity contribution in [3.05, 3.63) is 23.4 Å². The number of nitrogens with one attached hydrogen (secondary N) is 2. The molecular formula is C14H22N4O. The maximum atomic E-state index is 12.0. The first kappa shape index (κ1) is 13.8. The zero-order chi connectivity index (χ0) is 14.0. The van der Waals surface area contributed by atoms with Crippen molar-refractivity contribution in [1.82, 2.24) is 15.6 Å². The predicted molar refractivity (Wildman–Crippen MR) is 76.2 cm³/mol. The van der Waals surface area contributed by atoms with Crippen LogP contribution in [-0.2, 0) is 11.3 Å². The van der Waals surface area contributed by atoms with Crippen LogP contribution >= 0.6 is 0 Å².